The Labute approximate surface area is 190 Å². The van der Waals surface area contributed by atoms with Crippen molar-refractivity contribution in [1.29, 1.82) is 0 Å². The number of nitrogens with zero attached hydrogens (tertiary/aromatic N) is 3. The van der Waals surface area contributed by atoms with Crippen LogP contribution in [0.25, 0.3) is 11.3 Å². The number of hydrogen-bond acceptors (Lipinski definition) is 8. The Kier molecular flexibility index (Phi) is 7.37. The summed E-state index contributed by atoms with van der Waals surface area (Å²) < 4.78 is 18.2. The first-order chi connectivity index (χ1) is 15.8. The third-order valence-electron chi connectivity index (χ3n) is 5.93. The molecule has 0 unspecified atom stereocenters. The number of pyridine rings is 1. The second-order valence-corrected chi connectivity index (χ2v) is 8.59. The molecule has 1 aliphatic rings. The number of amides is 1. The molecular formula is C23H27N3O7. The number of ether oxygens (including phenoxy) is 3. The zero-order valence-corrected chi connectivity index (χ0v) is 19.1. The summed E-state index contributed by atoms with van der Waals surface area (Å²) in [6.45, 7) is 4.79. The zero-order valence-electron chi connectivity index (χ0n) is 19.1. The van der Waals surface area contributed by atoms with Gasteiger partial charge in [-0.3, -0.25) is 9.59 Å². The Hall–Kier alpha value is -3.40. The van der Waals surface area contributed by atoms with E-state index in [9.17, 15) is 19.4 Å². The lowest BCUT2D eigenvalue weighted by Crippen LogP contribution is -2.36. The number of carbonyl (C=O) groups is 1. The van der Waals surface area contributed by atoms with Crippen molar-refractivity contribution in [3.05, 3.63) is 55.6 Å². The second kappa shape index (κ2) is 10.0. The molecule has 1 atom stereocenters. The van der Waals surface area contributed by atoms with Gasteiger partial charge in [0.15, 0.2) is 16.9 Å². The first-order valence-corrected chi connectivity index (χ1v) is 10.5. The van der Waals surface area contributed by atoms with Crippen LogP contribution in [0.5, 0.6) is 11.5 Å². The molecule has 33 heavy (non-hydrogen) atoms. The Bertz CT molecular complexity index is 1120. The summed E-state index contributed by atoms with van der Waals surface area (Å²) in [5.41, 5.74) is 0.630. The Morgan fingerprint density at radius 3 is 2.55 bits per heavy atom. The van der Waals surface area contributed by atoms with Crippen molar-refractivity contribution in [3.63, 3.8) is 0 Å². The summed E-state index contributed by atoms with van der Waals surface area (Å²) in [7, 11) is 3.15. The SMILES string of the molecule is COCCCOc1cc2c(cc1OC)-c1cc(=O)c(C(=O)N=O)cn1[C@@H](C(C)(C)CN=O)C2. The highest BCUT2D eigenvalue weighted by atomic mass is 16.5. The van der Waals surface area contributed by atoms with Gasteiger partial charge in [0.05, 0.1) is 26.0 Å². The summed E-state index contributed by atoms with van der Waals surface area (Å²) in [5.74, 6) is -0.0825. The van der Waals surface area contributed by atoms with Crippen LogP contribution in [0.15, 0.2) is 39.5 Å². The monoisotopic (exact) mass is 457 g/mol. The standard InChI is InChI=1S/C23H27N3O7/c1-23(2,13-24-29)21-9-14-8-20(33-7-5-6-31-3)19(32-4)10-15(14)17-11-18(27)16(12-26(17)21)22(28)25-30/h8,10-12,21H,5-7,9,13H2,1-4H3/t21-/m1/s1. The number of hydrogen-bond donors (Lipinski definition) is 0. The third kappa shape index (κ3) is 4.85. The molecule has 0 saturated carbocycles. The maximum absolute atomic E-state index is 12.6. The molecule has 3 rings (SSSR count). The van der Waals surface area contributed by atoms with Crippen LogP contribution in [0, 0.1) is 15.2 Å². The number of fused-ring (bicyclic) bond motifs is 3. The van der Waals surface area contributed by atoms with Gasteiger partial charge in [0.1, 0.15) is 5.56 Å². The van der Waals surface area contributed by atoms with Gasteiger partial charge in [0.2, 0.25) is 0 Å². The van der Waals surface area contributed by atoms with Crippen molar-refractivity contribution in [1.82, 2.24) is 4.57 Å². The van der Waals surface area contributed by atoms with Crippen LogP contribution in [0.2, 0.25) is 0 Å². The van der Waals surface area contributed by atoms with E-state index in [1.165, 1.54) is 19.4 Å². The Morgan fingerprint density at radius 1 is 1.15 bits per heavy atom. The number of benzene rings is 1. The quantitative estimate of drug-likeness (QED) is 0.393. The van der Waals surface area contributed by atoms with E-state index in [4.69, 9.17) is 14.2 Å². The fourth-order valence-corrected chi connectivity index (χ4v) is 4.13. The second-order valence-electron chi connectivity index (χ2n) is 8.59. The van der Waals surface area contributed by atoms with Gasteiger partial charge >= 0.3 is 5.91 Å². The van der Waals surface area contributed by atoms with Gasteiger partial charge in [-0.05, 0) is 24.1 Å². The predicted molar refractivity (Wildman–Crippen MR) is 122 cm³/mol. The molecule has 0 saturated heterocycles. The molecule has 0 N–H and O–H groups in total. The van der Waals surface area contributed by atoms with Crippen molar-refractivity contribution in [2.24, 2.45) is 15.8 Å². The fraction of sp³-hybridized carbons (Fsp3) is 0.478. The maximum atomic E-state index is 12.6. The third-order valence-corrected chi connectivity index (χ3v) is 5.93. The molecule has 10 nitrogen and oxygen atoms in total. The van der Waals surface area contributed by atoms with Crippen molar-refractivity contribution < 1.29 is 19.0 Å². The fourth-order valence-electron chi connectivity index (χ4n) is 4.13. The highest BCUT2D eigenvalue weighted by molar-refractivity contribution is 5.94. The van der Waals surface area contributed by atoms with Gasteiger partial charge in [0, 0.05) is 54.6 Å². The summed E-state index contributed by atoms with van der Waals surface area (Å²) in [5, 5.41) is 5.49. The molecule has 1 aliphatic heterocycles. The molecule has 0 spiro atoms. The number of aromatic nitrogens is 1. The van der Waals surface area contributed by atoms with Crippen molar-refractivity contribution in [2.75, 3.05) is 34.0 Å². The molecule has 1 aromatic heterocycles. The van der Waals surface area contributed by atoms with E-state index in [0.717, 1.165) is 11.1 Å². The molecule has 0 bridgehead atoms. The summed E-state index contributed by atoms with van der Waals surface area (Å²) >= 11 is 0. The minimum absolute atomic E-state index is 0.0182. The van der Waals surface area contributed by atoms with Crippen LogP contribution in [-0.4, -0.2) is 44.5 Å². The first-order valence-electron chi connectivity index (χ1n) is 10.5. The number of nitroso groups, excluding NO2 is 2. The van der Waals surface area contributed by atoms with E-state index < -0.39 is 16.8 Å². The van der Waals surface area contributed by atoms with E-state index in [1.54, 1.807) is 17.7 Å². The number of methoxy groups -OCH3 is 2. The van der Waals surface area contributed by atoms with Crippen LogP contribution in [-0.2, 0) is 11.2 Å². The van der Waals surface area contributed by atoms with Gasteiger partial charge in [-0.1, -0.05) is 19.0 Å². The maximum Gasteiger partial charge on any atom is 0.322 e. The molecule has 0 radical (unpaired) electrons. The Morgan fingerprint density at radius 2 is 1.91 bits per heavy atom. The lowest BCUT2D eigenvalue weighted by Gasteiger charge is -2.40. The largest absolute Gasteiger partial charge is 0.493 e. The molecule has 0 fully saturated rings. The van der Waals surface area contributed by atoms with Crippen molar-refractivity contribution in [2.45, 2.75) is 32.7 Å². The van der Waals surface area contributed by atoms with Gasteiger partial charge in [-0.15, -0.1) is 4.91 Å². The van der Waals surface area contributed by atoms with Crippen LogP contribution in [0.4, 0.5) is 0 Å². The lowest BCUT2D eigenvalue weighted by molar-refractivity contribution is 0.0998. The smallest absolute Gasteiger partial charge is 0.322 e. The van der Waals surface area contributed by atoms with Crippen LogP contribution < -0.4 is 14.9 Å². The highest BCUT2D eigenvalue weighted by Gasteiger charge is 2.37. The average molecular weight is 457 g/mol. The van der Waals surface area contributed by atoms with Crippen LogP contribution >= 0.6 is 0 Å². The molecule has 2 aromatic rings. The van der Waals surface area contributed by atoms with E-state index in [2.05, 4.69) is 10.4 Å². The molecule has 10 heteroatoms. The molecule has 2 heterocycles. The van der Waals surface area contributed by atoms with E-state index in [0.29, 0.717) is 43.2 Å². The summed E-state index contributed by atoms with van der Waals surface area (Å²) in [4.78, 5) is 46.5. The summed E-state index contributed by atoms with van der Waals surface area (Å²) in [6.07, 6.45) is 2.54. The summed E-state index contributed by atoms with van der Waals surface area (Å²) in [6, 6.07) is 4.64. The van der Waals surface area contributed by atoms with E-state index >= 15 is 0 Å². The van der Waals surface area contributed by atoms with Crippen molar-refractivity contribution in [3.8, 4) is 22.8 Å². The minimum Gasteiger partial charge on any atom is -0.493 e. The van der Waals surface area contributed by atoms with Crippen LogP contribution in [0.1, 0.15) is 42.2 Å². The molecule has 1 aromatic carbocycles. The molecule has 0 aliphatic carbocycles. The number of carbonyl (C=O) groups excluding carboxylic acids is 1. The minimum atomic E-state index is -1.14. The molecular weight excluding hydrogens is 430 g/mol. The lowest BCUT2D eigenvalue weighted by atomic mass is 9.77. The van der Waals surface area contributed by atoms with E-state index in [-0.39, 0.29) is 18.2 Å². The van der Waals surface area contributed by atoms with Gasteiger partial charge < -0.3 is 18.8 Å². The van der Waals surface area contributed by atoms with Gasteiger partial charge in [0.25, 0.3) is 0 Å². The van der Waals surface area contributed by atoms with Gasteiger partial charge in [-0.2, -0.15) is 4.91 Å². The molecule has 176 valence electrons. The predicted octanol–water partition coefficient (Wildman–Crippen LogP) is 3.74. The van der Waals surface area contributed by atoms with E-state index in [1.807, 2.05) is 19.9 Å². The highest BCUT2D eigenvalue weighted by Crippen LogP contribution is 2.46. The molecule has 1 amide bonds. The average Bonchev–Trinajstić information content (AvgIpc) is 2.79. The van der Waals surface area contributed by atoms with Gasteiger partial charge in [-0.25, -0.2) is 0 Å². The first kappa shape index (κ1) is 24.2. The van der Waals surface area contributed by atoms with Crippen LogP contribution in [0.3, 0.4) is 0 Å². The number of rotatable bonds is 10. The van der Waals surface area contributed by atoms with Crippen molar-refractivity contribution >= 4 is 5.91 Å². The topological polar surface area (TPSA) is 126 Å². The Balaban J connectivity index is 2.18. The zero-order chi connectivity index (χ0) is 24.2. The normalized spacial score (nSPS) is 14.7.